The van der Waals surface area contributed by atoms with Crippen molar-refractivity contribution in [3.63, 3.8) is 0 Å². The van der Waals surface area contributed by atoms with Crippen LogP contribution >= 0.6 is 0 Å². The van der Waals surface area contributed by atoms with Crippen LogP contribution in [-0.4, -0.2) is 25.0 Å². The summed E-state index contributed by atoms with van der Waals surface area (Å²) >= 11 is 0. The quantitative estimate of drug-likeness (QED) is 0.577. The Bertz CT molecular complexity index is 1000. The SMILES string of the molecule is O=C(NCc1ccc(Cn2ccnc2)cc1)c1cncn1-c1ccccc1. The lowest BCUT2D eigenvalue weighted by molar-refractivity contribution is 0.0944. The maximum absolute atomic E-state index is 12.6. The minimum absolute atomic E-state index is 0.154. The second kappa shape index (κ2) is 7.70. The predicted octanol–water partition coefficient (Wildman–Crippen LogP) is 3.05. The summed E-state index contributed by atoms with van der Waals surface area (Å²) in [6.45, 7) is 1.24. The van der Waals surface area contributed by atoms with Crippen LogP contribution in [0.5, 0.6) is 0 Å². The molecule has 2 heterocycles. The van der Waals surface area contributed by atoms with Crippen molar-refractivity contribution in [2.24, 2.45) is 0 Å². The maximum atomic E-state index is 12.6. The van der Waals surface area contributed by atoms with Crippen molar-refractivity contribution in [3.05, 3.63) is 103 Å². The third-order valence-corrected chi connectivity index (χ3v) is 4.31. The lowest BCUT2D eigenvalue weighted by Crippen LogP contribution is -2.25. The van der Waals surface area contributed by atoms with E-state index in [0.29, 0.717) is 12.2 Å². The third kappa shape index (κ3) is 3.95. The van der Waals surface area contributed by atoms with E-state index in [1.165, 1.54) is 5.56 Å². The van der Waals surface area contributed by atoms with E-state index in [2.05, 4.69) is 27.4 Å². The van der Waals surface area contributed by atoms with Gasteiger partial charge in [-0.25, -0.2) is 9.97 Å². The van der Waals surface area contributed by atoms with Gasteiger partial charge >= 0.3 is 0 Å². The molecule has 1 amide bonds. The van der Waals surface area contributed by atoms with Crippen molar-refractivity contribution in [2.75, 3.05) is 0 Å². The van der Waals surface area contributed by atoms with Crippen LogP contribution < -0.4 is 5.32 Å². The van der Waals surface area contributed by atoms with Gasteiger partial charge in [0.1, 0.15) is 5.69 Å². The molecular weight excluding hydrogens is 338 g/mol. The molecule has 27 heavy (non-hydrogen) atoms. The molecule has 2 aromatic heterocycles. The number of imidazole rings is 2. The fraction of sp³-hybridized carbons (Fsp3) is 0.0952. The number of carbonyl (C=O) groups excluding carboxylic acids is 1. The number of para-hydroxylation sites is 1. The number of nitrogens with one attached hydrogen (secondary N) is 1. The molecule has 6 heteroatoms. The largest absolute Gasteiger partial charge is 0.347 e. The van der Waals surface area contributed by atoms with Gasteiger partial charge in [-0.2, -0.15) is 0 Å². The van der Waals surface area contributed by atoms with Crippen LogP contribution in [0.3, 0.4) is 0 Å². The normalized spacial score (nSPS) is 10.7. The van der Waals surface area contributed by atoms with Gasteiger partial charge in [0.2, 0.25) is 0 Å². The second-order valence-electron chi connectivity index (χ2n) is 6.22. The van der Waals surface area contributed by atoms with Crippen LogP contribution in [0, 0.1) is 0 Å². The number of amides is 1. The van der Waals surface area contributed by atoms with Gasteiger partial charge in [-0.1, -0.05) is 42.5 Å². The molecular formula is C21H19N5O. The molecule has 0 fully saturated rings. The molecule has 0 aliphatic heterocycles. The van der Waals surface area contributed by atoms with E-state index in [1.807, 2.05) is 53.2 Å². The van der Waals surface area contributed by atoms with Crippen molar-refractivity contribution in [3.8, 4) is 5.69 Å². The highest BCUT2D eigenvalue weighted by Gasteiger charge is 2.12. The van der Waals surface area contributed by atoms with E-state index < -0.39 is 0 Å². The van der Waals surface area contributed by atoms with E-state index in [-0.39, 0.29) is 5.91 Å². The first-order valence-corrected chi connectivity index (χ1v) is 8.69. The Balaban J connectivity index is 1.39. The number of hydrogen-bond donors (Lipinski definition) is 1. The number of hydrogen-bond acceptors (Lipinski definition) is 3. The van der Waals surface area contributed by atoms with Crippen molar-refractivity contribution < 1.29 is 4.79 Å². The van der Waals surface area contributed by atoms with Gasteiger partial charge in [-0.05, 0) is 23.3 Å². The molecule has 0 aliphatic carbocycles. The number of nitrogens with zero attached hydrogens (tertiary/aromatic N) is 4. The van der Waals surface area contributed by atoms with Crippen LogP contribution in [-0.2, 0) is 13.1 Å². The lowest BCUT2D eigenvalue weighted by Gasteiger charge is -2.09. The molecule has 4 rings (SSSR count). The minimum Gasteiger partial charge on any atom is -0.347 e. The first-order chi connectivity index (χ1) is 13.3. The molecule has 1 N–H and O–H groups in total. The Labute approximate surface area is 157 Å². The molecule has 0 aliphatic rings. The number of benzene rings is 2. The van der Waals surface area contributed by atoms with Gasteiger partial charge in [-0.3, -0.25) is 9.36 Å². The highest BCUT2D eigenvalue weighted by atomic mass is 16.1. The summed E-state index contributed by atoms with van der Waals surface area (Å²) in [7, 11) is 0. The monoisotopic (exact) mass is 357 g/mol. The average molecular weight is 357 g/mol. The van der Waals surface area contributed by atoms with E-state index >= 15 is 0 Å². The average Bonchev–Trinajstić information content (AvgIpc) is 3.40. The zero-order valence-corrected chi connectivity index (χ0v) is 14.7. The molecule has 0 spiro atoms. The highest BCUT2D eigenvalue weighted by Crippen LogP contribution is 2.11. The van der Waals surface area contributed by atoms with Crippen LogP contribution in [0.1, 0.15) is 21.6 Å². The summed E-state index contributed by atoms with van der Waals surface area (Å²) < 4.78 is 3.80. The Hall–Kier alpha value is -3.67. The zero-order valence-electron chi connectivity index (χ0n) is 14.7. The fourth-order valence-electron chi connectivity index (χ4n) is 2.88. The summed E-state index contributed by atoms with van der Waals surface area (Å²) in [4.78, 5) is 20.7. The van der Waals surface area contributed by atoms with Gasteiger partial charge in [0, 0.05) is 31.2 Å². The van der Waals surface area contributed by atoms with Crippen LogP contribution in [0.4, 0.5) is 0 Å². The topological polar surface area (TPSA) is 64.7 Å². The first-order valence-electron chi connectivity index (χ1n) is 8.69. The van der Waals surface area contributed by atoms with Crippen molar-refractivity contribution in [1.82, 2.24) is 24.4 Å². The summed E-state index contributed by atoms with van der Waals surface area (Å²) in [5, 5.41) is 2.96. The maximum Gasteiger partial charge on any atom is 0.270 e. The standard InChI is InChI=1S/C21H19N5O/c27-21(20-13-23-16-26(20)19-4-2-1-3-5-19)24-12-17-6-8-18(9-7-17)14-25-11-10-22-15-25/h1-11,13,15-16H,12,14H2,(H,24,27). The predicted molar refractivity (Wildman–Crippen MR) is 103 cm³/mol. The summed E-state index contributed by atoms with van der Waals surface area (Å²) in [6.07, 6.45) is 8.73. The summed E-state index contributed by atoms with van der Waals surface area (Å²) in [5.74, 6) is -0.154. The van der Waals surface area contributed by atoms with Gasteiger partial charge in [-0.15, -0.1) is 0 Å². The Kier molecular flexibility index (Phi) is 4.78. The molecule has 134 valence electrons. The molecule has 0 radical (unpaired) electrons. The Morgan fingerprint density at radius 1 is 0.926 bits per heavy atom. The molecule has 0 unspecified atom stereocenters. The molecule has 0 atom stereocenters. The number of aromatic nitrogens is 4. The summed E-state index contributed by atoms with van der Waals surface area (Å²) in [5.41, 5.74) is 3.65. The molecule has 2 aromatic carbocycles. The fourth-order valence-corrected chi connectivity index (χ4v) is 2.88. The molecule has 0 saturated carbocycles. The number of carbonyl (C=O) groups is 1. The molecule has 0 saturated heterocycles. The van der Waals surface area contributed by atoms with Gasteiger partial charge in [0.05, 0.1) is 18.9 Å². The van der Waals surface area contributed by atoms with Gasteiger partial charge in [0.15, 0.2) is 0 Å². The molecule has 4 aromatic rings. The summed E-state index contributed by atoms with van der Waals surface area (Å²) in [6, 6.07) is 17.9. The van der Waals surface area contributed by atoms with Crippen LogP contribution in [0.15, 0.2) is 85.8 Å². The molecule has 0 bridgehead atoms. The van der Waals surface area contributed by atoms with E-state index in [0.717, 1.165) is 17.8 Å². The van der Waals surface area contributed by atoms with Crippen LogP contribution in [0.2, 0.25) is 0 Å². The first kappa shape index (κ1) is 16.8. The van der Waals surface area contributed by atoms with Crippen molar-refractivity contribution in [1.29, 1.82) is 0 Å². The highest BCUT2D eigenvalue weighted by molar-refractivity contribution is 5.92. The zero-order chi connectivity index (χ0) is 18.5. The minimum atomic E-state index is -0.154. The van der Waals surface area contributed by atoms with E-state index in [1.54, 1.807) is 29.6 Å². The van der Waals surface area contributed by atoms with E-state index in [4.69, 9.17) is 0 Å². The smallest absolute Gasteiger partial charge is 0.270 e. The Morgan fingerprint density at radius 3 is 2.44 bits per heavy atom. The third-order valence-electron chi connectivity index (χ3n) is 4.31. The van der Waals surface area contributed by atoms with Crippen LogP contribution in [0.25, 0.3) is 5.69 Å². The van der Waals surface area contributed by atoms with Gasteiger partial charge < -0.3 is 9.88 Å². The number of rotatable bonds is 6. The van der Waals surface area contributed by atoms with Crippen molar-refractivity contribution >= 4 is 5.91 Å². The van der Waals surface area contributed by atoms with E-state index in [9.17, 15) is 4.79 Å². The van der Waals surface area contributed by atoms with Gasteiger partial charge in [0.25, 0.3) is 5.91 Å². The lowest BCUT2D eigenvalue weighted by atomic mass is 10.1. The molecule has 6 nitrogen and oxygen atoms in total. The Morgan fingerprint density at radius 2 is 1.70 bits per heavy atom. The second-order valence-corrected chi connectivity index (χ2v) is 6.22. The van der Waals surface area contributed by atoms with Crippen molar-refractivity contribution in [2.45, 2.75) is 13.1 Å².